The van der Waals surface area contributed by atoms with Crippen molar-refractivity contribution in [3.63, 3.8) is 0 Å². The Hall–Kier alpha value is -2.07. The highest BCUT2D eigenvalue weighted by molar-refractivity contribution is 5.86. The van der Waals surface area contributed by atoms with Crippen LogP contribution >= 0.6 is 0 Å². The number of amides is 2. The first-order valence-corrected chi connectivity index (χ1v) is 9.37. The topological polar surface area (TPSA) is 35.6 Å². The van der Waals surface area contributed by atoms with Gasteiger partial charge in [-0.25, -0.2) is 4.79 Å². The number of rotatable bonds is 4. The summed E-state index contributed by atoms with van der Waals surface area (Å²) in [7, 11) is 2.12. The Morgan fingerprint density at radius 1 is 1.24 bits per heavy atom. The van der Waals surface area contributed by atoms with E-state index in [-0.39, 0.29) is 18.2 Å². The van der Waals surface area contributed by atoms with Crippen LogP contribution < -0.4 is 5.32 Å². The van der Waals surface area contributed by atoms with Crippen molar-refractivity contribution in [3.8, 4) is 0 Å². The van der Waals surface area contributed by atoms with E-state index in [1.165, 1.54) is 29.2 Å². The van der Waals surface area contributed by atoms with E-state index in [2.05, 4.69) is 67.5 Å². The number of urea groups is 1. The number of carbonyl (C=O) groups excluding carboxylic acids is 1. The summed E-state index contributed by atoms with van der Waals surface area (Å²) in [4.78, 5) is 17.2. The number of piperidine rings is 1. The molecule has 25 heavy (non-hydrogen) atoms. The van der Waals surface area contributed by atoms with Gasteiger partial charge in [-0.05, 0) is 63.0 Å². The quantitative estimate of drug-likeness (QED) is 0.897. The van der Waals surface area contributed by atoms with Gasteiger partial charge >= 0.3 is 6.03 Å². The van der Waals surface area contributed by atoms with E-state index in [0.717, 1.165) is 19.5 Å². The highest BCUT2D eigenvalue weighted by Crippen LogP contribution is 2.25. The molecule has 0 saturated carbocycles. The summed E-state index contributed by atoms with van der Waals surface area (Å²) >= 11 is 0. The van der Waals surface area contributed by atoms with Crippen LogP contribution in [0.3, 0.4) is 0 Å². The fourth-order valence-electron chi connectivity index (χ4n) is 3.91. The SMILES string of the molecule is CCN(C(=O)NC(C)c1cccc2ccccc12)C1CCCCN1C. The number of benzene rings is 2. The van der Waals surface area contributed by atoms with Gasteiger partial charge in [-0.2, -0.15) is 0 Å². The average Bonchev–Trinajstić information content (AvgIpc) is 2.63. The number of carbonyl (C=O) groups is 1. The molecular weight excluding hydrogens is 310 g/mol. The van der Waals surface area contributed by atoms with Gasteiger partial charge in [0.1, 0.15) is 0 Å². The van der Waals surface area contributed by atoms with Crippen molar-refractivity contribution in [2.24, 2.45) is 0 Å². The fraction of sp³-hybridized carbons (Fsp3) is 0.476. The standard InChI is InChI=1S/C21H29N3O/c1-4-24(20-14-7-8-15-23(20)3)21(25)22-16(2)18-13-9-11-17-10-5-6-12-19(17)18/h5-6,9-13,16,20H,4,7-8,14-15H2,1-3H3,(H,22,25). The molecule has 4 nitrogen and oxygen atoms in total. The molecule has 134 valence electrons. The van der Waals surface area contributed by atoms with Crippen molar-refractivity contribution < 1.29 is 4.79 Å². The zero-order valence-corrected chi connectivity index (χ0v) is 15.5. The molecule has 4 heteroatoms. The lowest BCUT2D eigenvalue weighted by Crippen LogP contribution is -2.54. The number of hydrogen-bond donors (Lipinski definition) is 1. The Kier molecular flexibility index (Phi) is 5.59. The molecule has 1 aliphatic heterocycles. The third-order valence-corrected chi connectivity index (χ3v) is 5.32. The number of nitrogens with one attached hydrogen (secondary N) is 1. The summed E-state index contributed by atoms with van der Waals surface area (Å²) in [6, 6.07) is 14.6. The minimum Gasteiger partial charge on any atom is -0.331 e. The Bertz CT molecular complexity index is 725. The molecule has 0 aromatic heterocycles. The monoisotopic (exact) mass is 339 g/mol. The molecule has 2 unspecified atom stereocenters. The maximum Gasteiger partial charge on any atom is 0.319 e. The maximum absolute atomic E-state index is 12.9. The summed E-state index contributed by atoms with van der Waals surface area (Å²) in [5, 5.41) is 5.63. The predicted molar refractivity (Wildman–Crippen MR) is 104 cm³/mol. The third kappa shape index (κ3) is 3.79. The molecule has 0 bridgehead atoms. The number of fused-ring (bicyclic) bond motifs is 1. The Balaban J connectivity index is 1.76. The van der Waals surface area contributed by atoms with Crippen molar-refractivity contribution in [3.05, 3.63) is 48.0 Å². The van der Waals surface area contributed by atoms with Gasteiger partial charge in [0.15, 0.2) is 0 Å². The second-order valence-corrected chi connectivity index (χ2v) is 6.98. The molecule has 2 aromatic carbocycles. The molecule has 0 aliphatic carbocycles. The van der Waals surface area contributed by atoms with Crippen LogP contribution in [-0.4, -0.2) is 42.1 Å². The molecule has 2 amide bonds. The largest absolute Gasteiger partial charge is 0.331 e. The maximum atomic E-state index is 12.9. The lowest BCUT2D eigenvalue weighted by Gasteiger charge is -2.40. The Morgan fingerprint density at radius 2 is 2.00 bits per heavy atom. The van der Waals surface area contributed by atoms with Crippen LogP contribution in [0.4, 0.5) is 4.79 Å². The van der Waals surface area contributed by atoms with Gasteiger partial charge in [0, 0.05) is 6.54 Å². The molecule has 2 atom stereocenters. The molecule has 2 aromatic rings. The lowest BCUT2D eigenvalue weighted by molar-refractivity contribution is 0.0575. The van der Waals surface area contributed by atoms with Crippen molar-refractivity contribution in [2.75, 3.05) is 20.1 Å². The van der Waals surface area contributed by atoms with Crippen LogP contribution in [0.2, 0.25) is 0 Å². The second kappa shape index (κ2) is 7.87. The minimum atomic E-state index is -0.0263. The van der Waals surface area contributed by atoms with E-state index in [0.29, 0.717) is 0 Å². The summed E-state index contributed by atoms with van der Waals surface area (Å²) < 4.78 is 0. The normalized spacial score (nSPS) is 19.6. The van der Waals surface area contributed by atoms with Gasteiger partial charge < -0.3 is 10.2 Å². The zero-order valence-electron chi connectivity index (χ0n) is 15.5. The van der Waals surface area contributed by atoms with E-state index >= 15 is 0 Å². The van der Waals surface area contributed by atoms with Crippen LogP contribution in [-0.2, 0) is 0 Å². The Labute approximate surface area is 150 Å². The van der Waals surface area contributed by atoms with Crippen LogP contribution in [0.1, 0.15) is 44.7 Å². The highest BCUT2D eigenvalue weighted by atomic mass is 16.2. The van der Waals surface area contributed by atoms with Crippen molar-refractivity contribution in [1.82, 2.24) is 15.1 Å². The average molecular weight is 339 g/mol. The Morgan fingerprint density at radius 3 is 2.76 bits per heavy atom. The predicted octanol–water partition coefficient (Wildman–Crippen LogP) is 4.37. The molecule has 0 radical (unpaired) electrons. The molecule has 3 rings (SSSR count). The molecular formula is C21H29N3O. The summed E-state index contributed by atoms with van der Waals surface area (Å²) in [5.74, 6) is 0. The first-order chi connectivity index (χ1) is 12.1. The van der Waals surface area contributed by atoms with Gasteiger partial charge in [-0.1, -0.05) is 42.5 Å². The lowest BCUT2D eigenvalue weighted by atomic mass is 10.00. The van der Waals surface area contributed by atoms with E-state index in [1.807, 2.05) is 11.0 Å². The smallest absolute Gasteiger partial charge is 0.319 e. The van der Waals surface area contributed by atoms with Gasteiger partial charge in [-0.15, -0.1) is 0 Å². The van der Waals surface area contributed by atoms with Gasteiger partial charge in [0.25, 0.3) is 0 Å². The van der Waals surface area contributed by atoms with Crippen LogP contribution in [0.5, 0.6) is 0 Å². The highest BCUT2D eigenvalue weighted by Gasteiger charge is 2.28. The first-order valence-electron chi connectivity index (χ1n) is 9.37. The summed E-state index contributed by atoms with van der Waals surface area (Å²) in [6.07, 6.45) is 3.68. The van der Waals surface area contributed by atoms with Crippen LogP contribution in [0.15, 0.2) is 42.5 Å². The van der Waals surface area contributed by atoms with Gasteiger partial charge in [0.2, 0.25) is 0 Å². The number of hydrogen-bond acceptors (Lipinski definition) is 2. The minimum absolute atomic E-state index is 0.0263. The molecule has 1 aliphatic rings. The molecule has 1 fully saturated rings. The zero-order chi connectivity index (χ0) is 17.8. The summed E-state index contributed by atoms with van der Waals surface area (Å²) in [5.41, 5.74) is 1.17. The summed E-state index contributed by atoms with van der Waals surface area (Å²) in [6.45, 7) is 5.92. The number of nitrogens with zero attached hydrogens (tertiary/aromatic N) is 2. The van der Waals surface area contributed by atoms with Crippen molar-refractivity contribution >= 4 is 16.8 Å². The number of likely N-dealkylation sites (tertiary alicyclic amines) is 1. The first kappa shape index (κ1) is 17.7. The second-order valence-electron chi connectivity index (χ2n) is 6.98. The van der Waals surface area contributed by atoms with Crippen LogP contribution in [0, 0.1) is 0 Å². The van der Waals surface area contributed by atoms with Crippen molar-refractivity contribution in [2.45, 2.75) is 45.3 Å². The van der Waals surface area contributed by atoms with E-state index < -0.39 is 0 Å². The van der Waals surface area contributed by atoms with E-state index in [9.17, 15) is 4.79 Å². The van der Waals surface area contributed by atoms with Crippen LogP contribution in [0.25, 0.3) is 10.8 Å². The van der Waals surface area contributed by atoms with Gasteiger partial charge in [0.05, 0.1) is 12.2 Å². The van der Waals surface area contributed by atoms with Crippen molar-refractivity contribution in [1.29, 1.82) is 0 Å². The van der Waals surface area contributed by atoms with E-state index in [4.69, 9.17) is 0 Å². The van der Waals surface area contributed by atoms with Gasteiger partial charge in [-0.3, -0.25) is 4.90 Å². The third-order valence-electron chi connectivity index (χ3n) is 5.32. The van der Waals surface area contributed by atoms with E-state index in [1.54, 1.807) is 0 Å². The fourth-order valence-corrected chi connectivity index (χ4v) is 3.91. The molecule has 1 saturated heterocycles. The molecule has 1 N–H and O–H groups in total. The molecule has 0 spiro atoms. The molecule has 1 heterocycles.